The van der Waals surface area contributed by atoms with Crippen LogP contribution in [0.3, 0.4) is 0 Å². The largest absolute Gasteiger partial charge is 0.376 e. The van der Waals surface area contributed by atoms with E-state index in [4.69, 9.17) is 10.5 Å². The number of carbonyl (C=O) groups is 1. The first-order valence-electron chi connectivity index (χ1n) is 5.04. The van der Waals surface area contributed by atoms with Crippen LogP contribution >= 0.6 is 0 Å². The van der Waals surface area contributed by atoms with Crippen LogP contribution in [0.25, 0.3) is 0 Å². The molecule has 1 aliphatic carbocycles. The summed E-state index contributed by atoms with van der Waals surface area (Å²) in [6, 6.07) is 0. The summed E-state index contributed by atoms with van der Waals surface area (Å²) in [5.74, 6) is -0.0602. The molecule has 0 aliphatic heterocycles. The van der Waals surface area contributed by atoms with E-state index in [1.807, 2.05) is 13.8 Å². The summed E-state index contributed by atoms with van der Waals surface area (Å²) in [5, 5.41) is 0. The van der Waals surface area contributed by atoms with Gasteiger partial charge in [-0.3, -0.25) is 4.79 Å². The van der Waals surface area contributed by atoms with Crippen molar-refractivity contribution >= 4 is 5.91 Å². The molecule has 1 rings (SSSR count). The molecule has 13 heavy (non-hydrogen) atoms. The summed E-state index contributed by atoms with van der Waals surface area (Å²) in [4.78, 5) is 10.9. The molecule has 0 radical (unpaired) electrons. The first-order chi connectivity index (χ1) is 6.09. The maximum atomic E-state index is 10.9. The molecular formula is C10H19NO2. The van der Waals surface area contributed by atoms with Gasteiger partial charge in [0, 0.05) is 5.92 Å². The average molecular weight is 185 g/mol. The second-order valence-corrected chi connectivity index (χ2v) is 4.06. The monoisotopic (exact) mass is 185 g/mol. The van der Waals surface area contributed by atoms with E-state index < -0.39 is 0 Å². The van der Waals surface area contributed by atoms with E-state index in [1.165, 1.54) is 0 Å². The number of primary amides is 1. The second-order valence-electron chi connectivity index (χ2n) is 4.06. The molecule has 0 unspecified atom stereocenters. The molecule has 0 aromatic rings. The Hall–Kier alpha value is -0.570. The Kier molecular flexibility index (Phi) is 3.72. The van der Waals surface area contributed by atoms with Gasteiger partial charge < -0.3 is 10.5 Å². The minimum Gasteiger partial charge on any atom is -0.376 e. The van der Waals surface area contributed by atoms with E-state index in [-0.39, 0.29) is 17.9 Å². The van der Waals surface area contributed by atoms with Crippen molar-refractivity contribution in [2.75, 3.05) is 0 Å². The Morgan fingerprint density at radius 3 is 2.23 bits per heavy atom. The van der Waals surface area contributed by atoms with Gasteiger partial charge in [-0.15, -0.1) is 0 Å². The molecule has 1 aliphatic rings. The summed E-state index contributed by atoms with van der Waals surface area (Å²) in [7, 11) is 0. The second kappa shape index (κ2) is 4.61. The lowest BCUT2D eigenvalue weighted by molar-refractivity contribution is -0.124. The van der Waals surface area contributed by atoms with Gasteiger partial charge in [-0.25, -0.2) is 0 Å². The molecule has 3 nitrogen and oxygen atoms in total. The van der Waals surface area contributed by atoms with Crippen LogP contribution in [-0.2, 0) is 9.53 Å². The molecular weight excluding hydrogens is 166 g/mol. The first-order valence-corrected chi connectivity index (χ1v) is 5.04. The summed E-state index contributed by atoms with van der Waals surface area (Å²) in [5.41, 5.74) is 5.23. The fraction of sp³-hybridized carbons (Fsp3) is 0.900. The molecule has 76 valence electrons. The van der Waals surface area contributed by atoms with Crippen LogP contribution in [0.2, 0.25) is 0 Å². The molecule has 0 atom stereocenters. The van der Waals surface area contributed by atoms with Crippen molar-refractivity contribution < 1.29 is 9.53 Å². The lowest BCUT2D eigenvalue weighted by atomic mass is 9.87. The Bertz CT molecular complexity index is 172. The molecule has 0 aromatic carbocycles. The van der Waals surface area contributed by atoms with Crippen LogP contribution in [0.5, 0.6) is 0 Å². The van der Waals surface area contributed by atoms with E-state index in [2.05, 4.69) is 0 Å². The molecule has 0 saturated heterocycles. The summed E-state index contributed by atoms with van der Waals surface area (Å²) in [6.45, 7) is 4.08. The average Bonchev–Trinajstić information content (AvgIpc) is 2.04. The summed E-state index contributed by atoms with van der Waals surface area (Å²) >= 11 is 0. The van der Waals surface area contributed by atoms with Crippen LogP contribution in [0.15, 0.2) is 0 Å². The number of carbonyl (C=O) groups excluding carboxylic acids is 1. The fourth-order valence-electron chi connectivity index (χ4n) is 1.87. The van der Waals surface area contributed by atoms with Crippen molar-refractivity contribution in [2.24, 2.45) is 11.7 Å². The zero-order valence-corrected chi connectivity index (χ0v) is 8.45. The van der Waals surface area contributed by atoms with E-state index in [0.29, 0.717) is 6.10 Å². The third kappa shape index (κ3) is 3.35. The van der Waals surface area contributed by atoms with Gasteiger partial charge >= 0.3 is 0 Å². The van der Waals surface area contributed by atoms with Gasteiger partial charge in [0.15, 0.2) is 0 Å². The van der Waals surface area contributed by atoms with Crippen molar-refractivity contribution in [2.45, 2.75) is 51.7 Å². The number of rotatable bonds is 3. The third-order valence-corrected chi connectivity index (χ3v) is 2.54. The van der Waals surface area contributed by atoms with Crippen molar-refractivity contribution in [1.82, 2.24) is 0 Å². The molecule has 0 heterocycles. The first kappa shape index (κ1) is 10.5. The quantitative estimate of drug-likeness (QED) is 0.723. The van der Waals surface area contributed by atoms with Crippen molar-refractivity contribution in [3.8, 4) is 0 Å². The molecule has 0 bridgehead atoms. The Morgan fingerprint density at radius 1 is 1.31 bits per heavy atom. The number of amides is 1. The molecule has 2 N–H and O–H groups in total. The van der Waals surface area contributed by atoms with Crippen LogP contribution in [-0.4, -0.2) is 18.1 Å². The SMILES string of the molecule is CC(C)OC1CCC(C(N)=O)CC1. The van der Waals surface area contributed by atoms with Gasteiger partial charge in [-0.2, -0.15) is 0 Å². The minimum atomic E-state index is -0.150. The zero-order valence-electron chi connectivity index (χ0n) is 8.45. The highest BCUT2D eigenvalue weighted by Gasteiger charge is 2.25. The number of hydrogen-bond acceptors (Lipinski definition) is 2. The Labute approximate surface area is 79.6 Å². The lowest BCUT2D eigenvalue weighted by Crippen LogP contribution is -2.31. The van der Waals surface area contributed by atoms with Crippen molar-refractivity contribution in [3.63, 3.8) is 0 Å². The van der Waals surface area contributed by atoms with Crippen LogP contribution in [0.1, 0.15) is 39.5 Å². The smallest absolute Gasteiger partial charge is 0.220 e. The highest BCUT2D eigenvalue weighted by molar-refractivity contribution is 5.76. The van der Waals surface area contributed by atoms with Crippen LogP contribution < -0.4 is 5.73 Å². The van der Waals surface area contributed by atoms with Crippen molar-refractivity contribution in [3.05, 3.63) is 0 Å². The number of ether oxygens (including phenoxy) is 1. The Morgan fingerprint density at radius 2 is 1.85 bits per heavy atom. The maximum absolute atomic E-state index is 10.9. The van der Waals surface area contributed by atoms with E-state index in [0.717, 1.165) is 25.7 Å². The Balaban J connectivity index is 2.26. The van der Waals surface area contributed by atoms with Gasteiger partial charge in [0.05, 0.1) is 12.2 Å². The third-order valence-electron chi connectivity index (χ3n) is 2.54. The summed E-state index contributed by atoms with van der Waals surface area (Å²) < 4.78 is 5.67. The molecule has 0 aromatic heterocycles. The molecule has 3 heteroatoms. The van der Waals surface area contributed by atoms with Crippen molar-refractivity contribution in [1.29, 1.82) is 0 Å². The van der Waals surface area contributed by atoms with Gasteiger partial charge in [0.25, 0.3) is 0 Å². The standard InChI is InChI=1S/C10H19NO2/c1-7(2)13-9-5-3-8(4-6-9)10(11)12/h7-9H,3-6H2,1-2H3,(H2,11,12). The predicted octanol–water partition coefficient (Wildman–Crippen LogP) is 1.46. The zero-order chi connectivity index (χ0) is 9.84. The predicted molar refractivity (Wildman–Crippen MR) is 51.2 cm³/mol. The minimum absolute atomic E-state index is 0.0898. The van der Waals surface area contributed by atoms with E-state index in [1.54, 1.807) is 0 Å². The maximum Gasteiger partial charge on any atom is 0.220 e. The van der Waals surface area contributed by atoms with Gasteiger partial charge in [0.2, 0.25) is 5.91 Å². The molecule has 1 fully saturated rings. The molecule has 1 amide bonds. The van der Waals surface area contributed by atoms with E-state index in [9.17, 15) is 4.79 Å². The molecule has 0 spiro atoms. The number of nitrogens with two attached hydrogens (primary N) is 1. The van der Waals surface area contributed by atoms with Crippen LogP contribution in [0.4, 0.5) is 0 Å². The topological polar surface area (TPSA) is 52.3 Å². The van der Waals surface area contributed by atoms with Gasteiger partial charge in [0.1, 0.15) is 0 Å². The van der Waals surface area contributed by atoms with Gasteiger partial charge in [-0.1, -0.05) is 0 Å². The highest BCUT2D eigenvalue weighted by atomic mass is 16.5. The van der Waals surface area contributed by atoms with E-state index >= 15 is 0 Å². The molecule has 1 saturated carbocycles. The summed E-state index contributed by atoms with van der Waals surface area (Å²) in [6.07, 6.45) is 4.38. The fourth-order valence-corrected chi connectivity index (χ4v) is 1.87. The number of hydrogen-bond donors (Lipinski definition) is 1. The normalized spacial score (nSPS) is 29.2. The lowest BCUT2D eigenvalue weighted by Gasteiger charge is -2.28. The highest BCUT2D eigenvalue weighted by Crippen LogP contribution is 2.26. The van der Waals surface area contributed by atoms with Gasteiger partial charge in [-0.05, 0) is 39.5 Å². The van der Waals surface area contributed by atoms with Crippen LogP contribution in [0, 0.1) is 5.92 Å².